The van der Waals surface area contributed by atoms with Gasteiger partial charge in [0.2, 0.25) is 8.32 Å². The highest BCUT2D eigenvalue weighted by molar-refractivity contribution is 6.75. The van der Waals surface area contributed by atoms with Gasteiger partial charge in [-0.15, -0.1) is 0 Å². The topological polar surface area (TPSA) is 33.0 Å². The highest BCUT2D eigenvalue weighted by Gasteiger charge is 2.38. The maximum absolute atomic E-state index is 8.96. The Hall–Kier alpha value is -0.333. The van der Waals surface area contributed by atoms with E-state index in [1.807, 2.05) is 0 Å². The Balaban J connectivity index is 4.57. The first kappa shape index (κ1) is 11.7. The summed E-state index contributed by atoms with van der Waals surface area (Å²) < 4.78 is 5.60. The third-order valence-electron chi connectivity index (χ3n) is 2.80. The van der Waals surface area contributed by atoms with E-state index in [2.05, 4.69) is 26.8 Å². The molecule has 0 aromatic rings. The Bertz CT molecular complexity index is 152. The van der Waals surface area contributed by atoms with Gasteiger partial charge >= 0.3 is 0 Å². The molecular weight excluding hydrogens is 166 g/mol. The van der Waals surface area contributed by atoms with Crippen LogP contribution in [0.3, 0.4) is 0 Å². The second-order valence-corrected chi connectivity index (χ2v) is 7.71. The minimum atomic E-state index is -1.71. The van der Waals surface area contributed by atoms with Crippen molar-refractivity contribution in [3.63, 3.8) is 0 Å². The van der Waals surface area contributed by atoms with Crippen LogP contribution in [0, 0.1) is 11.3 Å². The van der Waals surface area contributed by atoms with Crippen molar-refractivity contribution in [2.24, 2.45) is 0 Å². The molecule has 0 aromatic carbocycles. The number of hydrogen-bond acceptors (Lipinski definition) is 2. The van der Waals surface area contributed by atoms with Gasteiger partial charge in [0.05, 0.1) is 11.6 Å². The molecule has 0 aliphatic heterocycles. The van der Waals surface area contributed by atoms with Gasteiger partial charge in [0.15, 0.2) is 0 Å². The van der Waals surface area contributed by atoms with Gasteiger partial charge < -0.3 is 4.43 Å². The van der Waals surface area contributed by atoms with Crippen molar-refractivity contribution in [3.8, 4) is 6.07 Å². The van der Waals surface area contributed by atoms with Gasteiger partial charge in [0.25, 0.3) is 0 Å². The third kappa shape index (κ3) is 2.08. The van der Waals surface area contributed by atoms with Gasteiger partial charge in [-0.1, -0.05) is 20.8 Å². The summed E-state index contributed by atoms with van der Waals surface area (Å²) in [4.78, 5) is 0. The molecule has 0 aromatic heterocycles. The largest absolute Gasteiger partial charge is 0.419 e. The number of rotatable bonds is 5. The van der Waals surface area contributed by atoms with Gasteiger partial charge in [-0.2, -0.15) is 5.26 Å². The van der Waals surface area contributed by atoms with Gasteiger partial charge in [0, 0.05) is 7.11 Å². The fraction of sp³-hybridized carbons (Fsp3) is 0.889. The van der Waals surface area contributed by atoms with Gasteiger partial charge in [0.1, 0.15) is 0 Å². The molecule has 0 spiro atoms. The number of nitriles is 1. The van der Waals surface area contributed by atoms with Crippen molar-refractivity contribution in [1.29, 1.82) is 5.26 Å². The maximum Gasteiger partial charge on any atom is 0.208 e. The summed E-state index contributed by atoms with van der Waals surface area (Å²) in [6.45, 7) is 6.35. The molecule has 70 valence electrons. The molecule has 1 atom stereocenters. The summed E-state index contributed by atoms with van der Waals surface area (Å²) in [5, 5.41) is 8.96. The van der Waals surface area contributed by atoms with Crippen LogP contribution in [0.25, 0.3) is 0 Å². The summed E-state index contributed by atoms with van der Waals surface area (Å²) in [5.41, 5.74) is 0.164. The van der Waals surface area contributed by atoms with Crippen molar-refractivity contribution in [2.45, 2.75) is 44.8 Å². The molecule has 0 rings (SSSR count). The fourth-order valence-electron chi connectivity index (χ4n) is 1.75. The minimum absolute atomic E-state index is 0.164. The first-order valence-corrected chi connectivity index (χ1v) is 7.05. The fourth-order valence-corrected chi connectivity index (χ4v) is 5.08. The summed E-state index contributed by atoms with van der Waals surface area (Å²) in [5.74, 6) is 0. The second kappa shape index (κ2) is 5.34. The summed E-state index contributed by atoms with van der Waals surface area (Å²) >= 11 is 0. The molecule has 1 unspecified atom stereocenters. The third-order valence-corrected chi connectivity index (χ3v) is 7.82. The molecule has 2 nitrogen and oxygen atoms in total. The van der Waals surface area contributed by atoms with Crippen molar-refractivity contribution >= 4 is 8.32 Å². The summed E-state index contributed by atoms with van der Waals surface area (Å²) in [7, 11) is 0.0552. The lowest BCUT2D eigenvalue weighted by atomic mass is 10.4. The first-order valence-electron chi connectivity index (χ1n) is 4.65. The van der Waals surface area contributed by atoms with Crippen molar-refractivity contribution in [1.82, 2.24) is 0 Å². The molecule has 0 saturated carbocycles. The molecule has 12 heavy (non-hydrogen) atoms. The summed E-state index contributed by atoms with van der Waals surface area (Å²) in [6, 6.07) is 4.48. The summed E-state index contributed by atoms with van der Waals surface area (Å²) in [6.07, 6.45) is 0.929. The predicted molar refractivity (Wildman–Crippen MR) is 53.4 cm³/mol. The predicted octanol–water partition coefficient (Wildman–Crippen LogP) is 2.92. The van der Waals surface area contributed by atoms with Crippen LogP contribution in [0.2, 0.25) is 17.6 Å². The lowest BCUT2D eigenvalue weighted by molar-refractivity contribution is 0.383. The molecule has 0 aliphatic carbocycles. The van der Waals surface area contributed by atoms with Crippen LogP contribution in [0.1, 0.15) is 27.2 Å². The van der Waals surface area contributed by atoms with Crippen LogP contribution >= 0.6 is 0 Å². The lowest BCUT2D eigenvalue weighted by Crippen LogP contribution is -2.40. The normalized spacial score (nSPS) is 13.9. The molecule has 0 saturated heterocycles. The highest BCUT2D eigenvalue weighted by atomic mass is 28.4. The van der Waals surface area contributed by atoms with E-state index >= 15 is 0 Å². The molecule has 0 bridgehead atoms. The SMILES string of the molecule is CCC(C#N)[Si](CC)(CC)OC. The smallest absolute Gasteiger partial charge is 0.208 e. The van der Waals surface area contributed by atoms with Crippen molar-refractivity contribution in [2.75, 3.05) is 7.11 Å². The second-order valence-electron chi connectivity index (χ2n) is 3.07. The van der Waals surface area contributed by atoms with Gasteiger partial charge in [-0.05, 0) is 18.5 Å². The molecule has 0 aliphatic rings. The average Bonchev–Trinajstić information content (AvgIpc) is 2.14. The monoisotopic (exact) mass is 185 g/mol. The Kier molecular flexibility index (Phi) is 5.19. The van der Waals surface area contributed by atoms with E-state index in [0.29, 0.717) is 0 Å². The zero-order valence-corrected chi connectivity index (χ0v) is 9.55. The van der Waals surface area contributed by atoms with Gasteiger partial charge in [-0.25, -0.2) is 0 Å². The van der Waals surface area contributed by atoms with E-state index in [1.165, 1.54) is 0 Å². The van der Waals surface area contributed by atoms with Crippen LogP contribution in [0.4, 0.5) is 0 Å². The number of hydrogen-bond donors (Lipinski definition) is 0. The molecule has 3 heteroatoms. The molecule has 0 heterocycles. The Morgan fingerprint density at radius 1 is 1.33 bits per heavy atom. The molecule has 0 N–H and O–H groups in total. The quantitative estimate of drug-likeness (QED) is 0.617. The standard InChI is InChI=1S/C9H19NOSi/c1-5-9(8-10)12(6-2,7-3)11-4/h9H,5-7H2,1-4H3. The van der Waals surface area contributed by atoms with Crippen LogP contribution < -0.4 is 0 Å². The Morgan fingerprint density at radius 3 is 1.92 bits per heavy atom. The van der Waals surface area contributed by atoms with Crippen LogP contribution in [0.15, 0.2) is 0 Å². The lowest BCUT2D eigenvalue weighted by Gasteiger charge is -2.30. The van der Waals surface area contributed by atoms with E-state index in [-0.39, 0.29) is 5.54 Å². The highest BCUT2D eigenvalue weighted by Crippen LogP contribution is 2.31. The molecule has 0 fully saturated rings. The maximum atomic E-state index is 8.96. The molecule has 0 radical (unpaired) electrons. The van der Waals surface area contributed by atoms with Crippen LogP contribution in [-0.4, -0.2) is 15.4 Å². The van der Waals surface area contributed by atoms with Crippen molar-refractivity contribution in [3.05, 3.63) is 0 Å². The van der Waals surface area contributed by atoms with E-state index in [0.717, 1.165) is 18.5 Å². The van der Waals surface area contributed by atoms with Gasteiger partial charge in [-0.3, -0.25) is 0 Å². The minimum Gasteiger partial charge on any atom is -0.419 e. The average molecular weight is 185 g/mol. The number of nitrogens with zero attached hydrogens (tertiary/aromatic N) is 1. The van der Waals surface area contributed by atoms with Crippen LogP contribution in [0.5, 0.6) is 0 Å². The Morgan fingerprint density at radius 2 is 1.83 bits per heavy atom. The van der Waals surface area contributed by atoms with E-state index in [9.17, 15) is 0 Å². The van der Waals surface area contributed by atoms with E-state index in [4.69, 9.17) is 9.69 Å². The van der Waals surface area contributed by atoms with E-state index in [1.54, 1.807) is 7.11 Å². The first-order chi connectivity index (χ1) is 5.70. The zero-order chi connectivity index (χ0) is 9.61. The zero-order valence-electron chi connectivity index (χ0n) is 8.55. The Labute approximate surface area is 76.7 Å². The van der Waals surface area contributed by atoms with E-state index < -0.39 is 8.32 Å². The molecule has 0 amide bonds. The van der Waals surface area contributed by atoms with Crippen molar-refractivity contribution < 1.29 is 4.43 Å². The van der Waals surface area contributed by atoms with Crippen LogP contribution in [-0.2, 0) is 4.43 Å². The molecular formula is C9H19NOSi.